The Hall–Kier alpha value is 0.0700. The fourth-order valence-electron chi connectivity index (χ4n) is 2.02. The van der Waals surface area contributed by atoms with Crippen LogP contribution in [-0.2, 0) is 10.8 Å². The van der Waals surface area contributed by atoms with Gasteiger partial charge in [0.05, 0.1) is 5.60 Å². The topological polar surface area (TPSA) is 49.3 Å². The fourth-order valence-corrected chi connectivity index (χ4v) is 2.70. The van der Waals surface area contributed by atoms with Gasteiger partial charge in [0.25, 0.3) is 0 Å². The van der Waals surface area contributed by atoms with Crippen LogP contribution in [0.5, 0.6) is 0 Å². The monoisotopic (exact) mass is 233 g/mol. The molecule has 2 unspecified atom stereocenters. The van der Waals surface area contributed by atoms with Crippen molar-refractivity contribution >= 4 is 10.8 Å². The highest BCUT2D eigenvalue weighted by atomic mass is 32.2. The summed E-state index contributed by atoms with van der Waals surface area (Å²) in [5, 5.41) is 13.4. The van der Waals surface area contributed by atoms with Crippen molar-refractivity contribution in [2.24, 2.45) is 0 Å². The van der Waals surface area contributed by atoms with Crippen molar-refractivity contribution in [2.45, 2.75) is 50.7 Å². The van der Waals surface area contributed by atoms with Crippen LogP contribution in [0, 0.1) is 0 Å². The molecule has 0 aromatic rings. The zero-order valence-electron chi connectivity index (χ0n) is 9.79. The molecule has 2 N–H and O–H groups in total. The SMILES string of the molecule is CC(CCS(C)=O)NCC1(O)CCCC1. The molecule has 0 bridgehead atoms. The van der Waals surface area contributed by atoms with Gasteiger partial charge in [0.15, 0.2) is 0 Å². The smallest absolute Gasteiger partial charge is 0.0771 e. The highest BCUT2D eigenvalue weighted by Crippen LogP contribution is 2.28. The third kappa shape index (κ3) is 5.09. The molecule has 0 aromatic carbocycles. The van der Waals surface area contributed by atoms with Crippen molar-refractivity contribution in [2.75, 3.05) is 18.6 Å². The Kier molecular flexibility index (Phi) is 5.23. The maximum Gasteiger partial charge on any atom is 0.0771 e. The van der Waals surface area contributed by atoms with Crippen molar-refractivity contribution < 1.29 is 9.32 Å². The van der Waals surface area contributed by atoms with Gasteiger partial charge in [-0.15, -0.1) is 0 Å². The van der Waals surface area contributed by atoms with Crippen molar-refractivity contribution in [1.29, 1.82) is 0 Å². The largest absolute Gasteiger partial charge is 0.389 e. The Labute approximate surface area is 95.1 Å². The highest BCUT2D eigenvalue weighted by Gasteiger charge is 2.30. The van der Waals surface area contributed by atoms with E-state index in [2.05, 4.69) is 12.2 Å². The van der Waals surface area contributed by atoms with E-state index >= 15 is 0 Å². The predicted molar refractivity (Wildman–Crippen MR) is 64.4 cm³/mol. The second kappa shape index (κ2) is 5.97. The molecular weight excluding hydrogens is 210 g/mol. The summed E-state index contributed by atoms with van der Waals surface area (Å²) in [5.74, 6) is 0.743. The maximum atomic E-state index is 10.9. The van der Waals surface area contributed by atoms with Crippen LogP contribution in [0.2, 0.25) is 0 Å². The summed E-state index contributed by atoms with van der Waals surface area (Å²) >= 11 is 0. The summed E-state index contributed by atoms with van der Waals surface area (Å²) in [5.41, 5.74) is -0.473. The molecule has 1 fully saturated rings. The lowest BCUT2D eigenvalue weighted by molar-refractivity contribution is 0.0453. The van der Waals surface area contributed by atoms with Crippen molar-refractivity contribution in [3.8, 4) is 0 Å². The molecule has 0 spiro atoms. The third-order valence-corrected chi connectivity index (χ3v) is 3.96. The average molecular weight is 233 g/mol. The fraction of sp³-hybridized carbons (Fsp3) is 1.00. The maximum absolute atomic E-state index is 10.9. The van der Waals surface area contributed by atoms with E-state index in [9.17, 15) is 9.32 Å². The van der Waals surface area contributed by atoms with E-state index in [0.717, 1.165) is 37.9 Å². The molecule has 2 atom stereocenters. The second-order valence-electron chi connectivity index (χ2n) is 4.78. The molecule has 90 valence electrons. The Balaban J connectivity index is 2.15. The van der Waals surface area contributed by atoms with E-state index in [1.165, 1.54) is 0 Å². The van der Waals surface area contributed by atoms with Gasteiger partial charge < -0.3 is 10.4 Å². The predicted octanol–water partition coefficient (Wildman–Crippen LogP) is 1.04. The summed E-state index contributed by atoms with van der Waals surface area (Å²) in [6.07, 6.45) is 6.78. The molecule has 0 heterocycles. The van der Waals surface area contributed by atoms with Crippen LogP contribution >= 0.6 is 0 Å². The van der Waals surface area contributed by atoms with E-state index in [4.69, 9.17) is 0 Å². The molecule has 1 aliphatic carbocycles. The molecule has 15 heavy (non-hydrogen) atoms. The summed E-state index contributed by atoms with van der Waals surface area (Å²) in [7, 11) is -0.705. The van der Waals surface area contributed by atoms with E-state index in [1.807, 2.05) is 0 Å². The van der Waals surface area contributed by atoms with Gasteiger partial charge in [-0.05, 0) is 26.2 Å². The standard InChI is InChI=1S/C11H23NO2S/c1-10(5-8-15(2)14)12-9-11(13)6-3-4-7-11/h10,12-13H,3-9H2,1-2H3. The summed E-state index contributed by atoms with van der Waals surface area (Å²) in [6.45, 7) is 2.77. The summed E-state index contributed by atoms with van der Waals surface area (Å²) in [4.78, 5) is 0. The molecule has 1 saturated carbocycles. The Morgan fingerprint density at radius 1 is 1.47 bits per heavy atom. The first-order valence-corrected chi connectivity index (χ1v) is 7.50. The number of rotatable bonds is 6. The Morgan fingerprint density at radius 3 is 2.60 bits per heavy atom. The number of hydrogen-bond donors (Lipinski definition) is 2. The lowest BCUT2D eigenvalue weighted by atomic mass is 10.0. The van der Waals surface area contributed by atoms with E-state index in [-0.39, 0.29) is 0 Å². The zero-order chi connectivity index (χ0) is 11.3. The summed E-state index contributed by atoms with van der Waals surface area (Å²) in [6, 6.07) is 0.346. The van der Waals surface area contributed by atoms with Crippen molar-refractivity contribution in [3.05, 3.63) is 0 Å². The van der Waals surface area contributed by atoms with Crippen molar-refractivity contribution in [1.82, 2.24) is 5.32 Å². The molecule has 1 aliphatic rings. The first-order chi connectivity index (χ1) is 7.02. The normalized spacial score (nSPS) is 23.9. The van der Waals surface area contributed by atoms with Crippen LogP contribution in [0.4, 0.5) is 0 Å². The lowest BCUT2D eigenvalue weighted by Gasteiger charge is -2.25. The van der Waals surface area contributed by atoms with Crippen LogP contribution in [-0.4, -0.2) is 39.5 Å². The quantitative estimate of drug-likeness (QED) is 0.720. The molecule has 3 nitrogen and oxygen atoms in total. The van der Waals surface area contributed by atoms with Crippen LogP contribution in [0.15, 0.2) is 0 Å². The van der Waals surface area contributed by atoms with Crippen LogP contribution in [0.25, 0.3) is 0 Å². The number of hydrogen-bond acceptors (Lipinski definition) is 3. The molecule has 0 amide bonds. The lowest BCUT2D eigenvalue weighted by Crippen LogP contribution is -2.42. The van der Waals surface area contributed by atoms with E-state index < -0.39 is 16.4 Å². The van der Waals surface area contributed by atoms with Gasteiger partial charge >= 0.3 is 0 Å². The minimum absolute atomic E-state index is 0.346. The molecular formula is C11H23NO2S. The van der Waals surface area contributed by atoms with Crippen LogP contribution in [0.1, 0.15) is 39.0 Å². The summed E-state index contributed by atoms with van der Waals surface area (Å²) < 4.78 is 10.9. The first kappa shape index (κ1) is 13.1. The van der Waals surface area contributed by atoms with Gasteiger partial charge in [-0.1, -0.05) is 12.8 Å². The second-order valence-corrected chi connectivity index (χ2v) is 6.33. The Bertz CT molecular complexity index is 215. The number of aliphatic hydroxyl groups is 1. The van der Waals surface area contributed by atoms with Crippen LogP contribution < -0.4 is 5.32 Å². The highest BCUT2D eigenvalue weighted by molar-refractivity contribution is 7.84. The van der Waals surface area contributed by atoms with E-state index in [0.29, 0.717) is 12.6 Å². The van der Waals surface area contributed by atoms with Crippen LogP contribution in [0.3, 0.4) is 0 Å². The van der Waals surface area contributed by atoms with Gasteiger partial charge in [-0.2, -0.15) is 0 Å². The molecule has 0 aliphatic heterocycles. The van der Waals surface area contributed by atoms with Gasteiger partial charge in [-0.25, -0.2) is 0 Å². The van der Waals surface area contributed by atoms with Gasteiger partial charge in [0.2, 0.25) is 0 Å². The third-order valence-electron chi connectivity index (χ3n) is 3.15. The van der Waals surface area contributed by atoms with Crippen molar-refractivity contribution in [3.63, 3.8) is 0 Å². The minimum atomic E-state index is -0.705. The molecule has 0 aromatic heterocycles. The van der Waals surface area contributed by atoms with Gasteiger partial charge in [0.1, 0.15) is 0 Å². The zero-order valence-corrected chi connectivity index (χ0v) is 10.6. The molecule has 0 saturated heterocycles. The van der Waals surface area contributed by atoms with Gasteiger partial charge in [0, 0.05) is 35.4 Å². The Morgan fingerprint density at radius 2 is 2.07 bits per heavy atom. The first-order valence-electron chi connectivity index (χ1n) is 5.78. The number of nitrogens with one attached hydrogen (secondary N) is 1. The minimum Gasteiger partial charge on any atom is -0.389 e. The average Bonchev–Trinajstić information content (AvgIpc) is 2.60. The van der Waals surface area contributed by atoms with Gasteiger partial charge in [-0.3, -0.25) is 4.21 Å². The van der Waals surface area contributed by atoms with E-state index in [1.54, 1.807) is 6.26 Å². The molecule has 0 radical (unpaired) electrons. The molecule has 4 heteroatoms. The molecule has 1 rings (SSSR count).